The van der Waals surface area contributed by atoms with E-state index in [4.69, 9.17) is 0 Å². The number of halogens is 1. The Labute approximate surface area is 120 Å². The summed E-state index contributed by atoms with van der Waals surface area (Å²) < 4.78 is 1.06. The smallest absolute Gasteiger partial charge is 0.126 e. The Morgan fingerprint density at radius 1 is 0.895 bits per heavy atom. The molecule has 3 rings (SSSR count). The quantitative estimate of drug-likeness (QED) is 0.713. The third-order valence-electron chi connectivity index (χ3n) is 3.27. The van der Waals surface area contributed by atoms with E-state index in [1.807, 2.05) is 42.5 Å². The van der Waals surface area contributed by atoms with Crippen LogP contribution in [0.3, 0.4) is 0 Å². The van der Waals surface area contributed by atoms with E-state index in [1.165, 1.54) is 5.56 Å². The summed E-state index contributed by atoms with van der Waals surface area (Å²) in [4.78, 5) is 0. The molecule has 0 aliphatic heterocycles. The highest BCUT2D eigenvalue weighted by Crippen LogP contribution is 2.30. The van der Waals surface area contributed by atoms with Crippen LogP contribution in [0, 0.1) is 0 Å². The fourth-order valence-corrected chi connectivity index (χ4v) is 2.76. The molecule has 0 bridgehead atoms. The molecule has 2 heteroatoms. The molecule has 0 unspecified atom stereocenters. The molecular weight excluding hydrogens is 300 g/mol. The van der Waals surface area contributed by atoms with Gasteiger partial charge in [-0.3, -0.25) is 0 Å². The number of hydrogen-bond acceptors (Lipinski definition) is 1. The zero-order valence-electron chi connectivity index (χ0n) is 10.3. The molecule has 0 fully saturated rings. The van der Waals surface area contributed by atoms with Crippen molar-refractivity contribution in [2.75, 3.05) is 0 Å². The van der Waals surface area contributed by atoms with E-state index < -0.39 is 0 Å². The molecule has 0 saturated carbocycles. The summed E-state index contributed by atoms with van der Waals surface area (Å²) in [5.74, 6) is 0.387. The van der Waals surface area contributed by atoms with Crippen molar-refractivity contribution in [1.29, 1.82) is 0 Å². The number of fused-ring (bicyclic) bond motifs is 1. The molecule has 0 aromatic heterocycles. The Kier molecular flexibility index (Phi) is 3.26. The Morgan fingerprint density at radius 2 is 1.74 bits per heavy atom. The largest absolute Gasteiger partial charge is 0.507 e. The Hall–Kier alpha value is -1.80. The summed E-state index contributed by atoms with van der Waals surface area (Å²) >= 11 is 3.47. The Balaban J connectivity index is 2.04. The van der Waals surface area contributed by atoms with Gasteiger partial charge in [0.05, 0.1) is 0 Å². The molecule has 3 aromatic rings. The standard InChI is InChI=1S/C17H13BrO/c18-15-6-3-4-12(11-15)10-14-9-8-13-5-1-2-7-16(13)17(14)19/h1-9,11,19H,10H2. The van der Waals surface area contributed by atoms with Gasteiger partial charge in [-0.25, -0.2) is 0 Å². The van der Waals surface area contributed by atoms with E-state index in [0.717, 1.165) is 27.2 Å². The lowest BCUT2D eigenvalue weighted by Crippen LogP contribution is -1.89. The number of phenols is 1. The fraction of sp³-hybridized carbons (Fsp3) is 0.0588. The van der Waals surface area contributed by atoms with Crippen LogP contribution in [0.2, 0.25) is 0 Å². The Morgan fingerprint density at radius 3 is 2.58 bits per heavy atom. The van der Waals surface area contributed by atoms with E-state index in [1.54, 1.807) is 0 Å². The van der Waals surface area contributed by atoms with Crippen molar-refractivity contribution in [1.82, 2.24) is 0 Å². The summed E-state index contributed by atoms with van der Waals surface area (Å²) in [5.41, 5.74) is 2.14. The van der Waals surface area contributed by atoms with Crippen molar-refractivity contribution in [2.45, 2.75) is 6.42 Å². The fourth-order valence-electron chi connectivity index (χ4n) is 2.31. The maximum absolute atomic E-state index is 10.4. The molecular formula is C17H13BrO. The highest BCUT2D eigenvalue weighted by Gasteiger charge is 2.06. The summed E-state index contributed by atoms with van der Waals surface area (Å²) in [6, 6.07) is 20.1. The van der Waals surface area contributed by atoms with Crippen LogP contribution in [0.1, 0.15) is 11.1 Å². The molecule has 0 aliphatic rings. The minimum Gasteiger partial charge on any atom is -0.507 e. The van der Waals surface area contributed by atoms with Crippen molar-refractivity contribution in [3.8, 4) is 5.75 Å². The highest BCUT2D eigenvalue weighted by molar-refractivity contribution is 9.10. The molecule has 0 saturated heterocycles. The first-order valence-electron chi connectivity index (χ1n) is 6.18. The molecule has 0 radical (unpaired) electrons. The average molecular weight is 313 g/mol. The number of aromatic hydroxyl groups is 1. The van der Waals surface area contributed by atoms with E-state index in [-0.39, 0.29) is 0 Å². The third kappa shape index (κ3) is 2.49. The zero-order chi connectivity index (χ0) is 13.2. The van der Waals surface area contributed by atoms with E-state index in [2.05, 4.69) is 34.1 Å². The molecule has 1 N–H and O–H groups in total. The molecule has 0 atom stereocenters. The number of phenolic OH excluding ortho intramolecular Hbond substituents is 1. The monoisotopic (exact) mass is 312 g/mol. The SMILES string of the molecule is Oc1c(Cc2cccc(Br)c2)ccc2ccccc12. The van der Waals surface area contributed by atoms with Gasteiger partial charge in [0.25, 0.3) is 0 Å². The normalized spacial score (nSPS) is 10.8. The second-order valence-corrected chi connectivity index (χ2v) is 5.52. The van der Waals surface area contributed by atoms with Crippen molar-refractivity contribution in [3.63, 3.8) is 0 Å². The van der Waals surface area contributed by atoms with Gasteiger partial charge >= 0.3 is 0 Å². The predicted molar refractivity (Wildman–Crippen MR) is 82.6 cm³/mol. The van der Waals surface area contributed by atoms with Crippen molar-refractivity contribution >= 4 is 26.7 Å². The van der Waals surface area contributed by atoms with Crippen LogP contribution in [-0.4, -0.2) is 5.11 Å². The van der Waals surface area contributed by atoms with Crippen molar-refractivity contribution in [2.24, 2.45) is 0 Å². The minimum atomic E-state index is 0.387. The van der Waals surface area contributed by atoms with Gasteiger partial charge in [0.2, 0.25) is 0 Å². The van der Waals surface area contributed by atoms with Crippen LogP contribution in [0.5, 0.6) is 5.75 Å². The second-order valence-electron chi connectivity index (χ2n) is 4.60. The highest BCUT2D eigenvalue weighted by atomic mass is 79.9. The molecule has 0 aliphatic carbocycles. The first kappa shape index (κ1) is 12.2. The van der Waals surface area contributed by atoms with E-state index in [0.29, 0.717) is 5.75 Å². The van der Waals surface area contributed by atoms with Gasteiger partial charge in [0.15, 0.2) is 0 Å². The van der Waals surface area contributed by atoms with Gasteiger partial charge in [-0.15, -0.1) is 0 Å². The maximum Gasteiger partial charge on any atom is 0.126 e. The molecule has 0 heterocycles. The molecule has 0 spiro atoms. The lowest BCUT2D eigenvalue weighted by Gasteiger charge is -2.08. The zero-order valence-corrected chi connectivity index (χ0v) is 11.9. The molecule has 0 amide bonds. The topological polar surface area (TPSA) is 20.2 Å². The van der Waals surface area contributed by atoms with Gasteiger partial charge in [0.1, 0.15) is 5.75 Å². The predicted octanol–water partition coefficient (Wildman–Crippen LogP) is 4.90. The summed E-state index contributed by atoms with van der Waals surface area (Å²) in [5, 5.41) is 12.3. The number of hydrogen-bond donors (Lipinski definition) is 1. The summed E-state index contributed by atoms with van der Waals surface area (Å²) in [7, 11) is 0. The van der Waals surface area contributed by atoms with Gasteiger partial charge < -0.3 is 5.11 Å². The average Bonchev–Trinajstić information content (AvgIpc) is 2.42. The van der Waals surface area contributed by atoms with E-state index >= 15 is 0 Å². The van der Waals surface area contributed by atoms with Crippen molar-refractivity contribution in [3.05, 3.63) is 76.3 Å². The van der Waals surface area contributed by atoms with Gasteiger partial charge in [0, 0.05) is 16.3 Å². The first-order valence-corrected chi connectivity index (χ1v) is 6.97. The van der Waals surface area contributed by atoms with Crippen LogP contribution in [0.15, 0.2) is 65.1 Å². The first-order chi connectivity index (χ1) is 9.24. The minimum absolute atomic E-state index is 0.387. The molecule has 3 aromatic carbocycles. The second kappa shape index (κ2) is 5.06. The third-order valence-corrected chi connectivity index (χ3v) is 3.76. The van der Waals surface area contributed by atoms with Gasteiger partial charge in [-0.2, -0.15) is 0 Å². The summed E-state index contributed by atoms with van der Waals surface area (Å²) in [6.45, 7) is 0. The van der Waals surface area contributed by atoms with E-state index in [9.17, 15) is 5.11 Å². The molecule has 1 nitrogen and oxygen atoms in total. The number of rotatable bonds is 2. The van der Waals surface area contributed by atoms with Gasteiger partial charge in [-0.1, -0.05) is 64.5 Å². The lowest BCUT2D eigenvalue weighted by molar-refractivity contribution is 0.476. The summed E-state index contributed by atoms with van der Waals surface area (Å²) in [6.07, 6.45) is 0.732. The van der Waals surface area contributed by atoms with Crippen LogP contribution in [-0.2, 0) is 6.42 Å². The lowest BCUT2D eigenvalue weighted by atomic mass is 10.00. The van der Waals surface area contributed by atoms with Crippen molar-refractivity contribution < 1.29 is 5.11 Å². The van der Waals surface area contributed by atoms with Crippen LogP contribution < -0.4 is 0 Å². The van der Waals surface area contributed by atoms with Crippen LogP contribution in [0.4, 0.5) is 0 Å². The molecule has 94 valence electrons. The van der Waals surface area contributed by atoms with Crippen LogP contribution >= 0.6 is 15.9 Å². The number of benzene rings is 3. The van der Waals surface area contributed by atoms with Gasteiger partial charge in [-0.05, 0) is 28.6 Å². The maximum atomic E-state index is 10.4. The van der Waals surface area contributed by atoms with Crippen LogP contribution in [0.25, 0.3) is 10.8 Å². The Bertz CT molecular complexity index is 734. The molecule has 19 heavy (non-hydrogen) atoms.